The highest BCUT2D eigenvalue weighted by atomic mass is 19.4. The van der Waals surface area contributed by atoms with Gasteiger partial charge in [-0.15, -0.1) is 0 Å². The molecule has 1 heterocycles. The molecule has 0 saturated carbocycles. The van der Waals surface area contributed by atoms with Crippen molar-refractivity contribution >= 4 is 5.91 Å². The Bertz CT molecular complexity index is 553. The van der Waals surface area contributed by atoms with Crippen LogP contribution in [0.25, 0.3) is 0 Å². The second-order valence-electron chi connectivity index (χ2n) is 6.97. The lowest BCUT2D eigenvalue weighted by molar-refractivity contribution is -0.174. The molecule has 0 spiro atoms. The number of likely N-dealkylation sites (tertiary alicyclic amines) is 1. The van der Waals surface area contributed by atoms with Crippen LogP contribution in [0.5, 0.6) is 0 Å². The molecule has 1 N–H and O–H groups in total. The van der Waals surface area contributed by atoms with Gasteiger partial charge in [0.2, 0.25) is 5.91 Å². The first-order valence-electron chi connectivity index (χ1n) is 9.03. The van der Waals surface area contributed by atoms with Gasteiger partial charge < -0.3 is 10.1 Å². The van der Waals surface area contributed by atoms with E-state index in [1.54, 1.807) is 0 Å². The molecule has 1 aromatic carbocycles. The Kier molecular flexibility index (Phi) is 7.90. The number of carbonyl (C=O) groups is 1. The standard InChI is InChI=1S/C19H27F3N2O2/c1-15-6-9-24(10-7-15)13-17-4-2-16(3-5-17)12-23-18(25)8-11-26-14-19(20,21)22/h2-5,15H,6-14H2,1H3,(H,23,25). The summed E-state index contributed by atoms with van der Waals surface area (Å²) in [4.78, 5) is 14.1. The molecular weight excluding hydrogens is 345 g/mol. The van der Waals surface area contributed by atoms with Crippen LogP contribution in [-0.2, 0) is 22.6 Å². The summed E-state index contributed by atoms with van der Waals surface area (Å²) in [5.41, 5.74) is 2.21. The van der Waals surface area contributed by atoms with Crippen molar-refractivity contribution in [2.75, 3.05) is 26.3 Å². The Morgan fingerprint density at radius 1 is 1.19 bits per heavy atom. The topological polar surface area (TPSA) is 41.6 Å². The van der Waals surface area contributed by atoms with Crippen molar-refractivity contribution in [3.8, 4) is 0 Å². The maximum absolute atomic E-state index is 11.9. The molecule has 146 valence electrons. The Morgan fingerprint density at radius 2 is 1.81 bits per heavy atom. The van der Waals surface area contributed by atoms with Crippen molar-refractivity contribution in [1.29, 1.82) is 0 Å². The van der Waals surface area contributed by atoms with E-state index in [1.165, 1.54) is 18.4 Å². The van der Waals surface area contributed by atoms with Crippen LogP contribution in [0.1, 0.15) is 37.3 Å². The summed E-state index contributed by atoms with van der Waals surface area (Å²) >= 11 is 0. The molecule has 1 fully saturated rings. The molecule has 0 atom stereocenters. The summed E-state index contributed by atoms with van der Waals surface area (Å²) in [6.45, 7) is 4.31. The minimum atomic E-state index is -4.36. The molecule has 1 saturated heterocycles. The highest BCUT2D eigenvalue weighted by Crippen LogP contribution is 2.18. The van der Waals surface area contributed by atoms with Gasteiger partial charge in [-0.05, 0) is 43.0 Å². The van der Waals surface area contributed by atoms with Crippen molar-refractivity contribution in [2.24, 2.45) is 5.92 Å². The number of halogens is 3. The first-order chi connectivity index (χ1) is 12.3. The van der Waals surface area contributed by atoms with E-state index in [0.717, 1.165) is 31.1 Å². The van der Waals surface area contributed by atoms with Gasteiger partial charge in [-0.2, -0.15) is 13.2 Å². The van der Waals surface area contributed by atoms with Crippen molar-refractivity contribution < 1.29 is 22.7 Å². The van der Waals surface area contributed by atoms with Gasteiger partial charge in [-0.3, -0.25) is 9.69 Å². The monoisotopic (exact) mass is 372 g/mol. The van der Waals surface area contributed by atoms with Crippen molar-refractivity contribution in [1.82, 2.24) is 10.2 Å². The number of rotatable bonds is 8. The number of carbonyl (C=O) groups excluding carboxylic acids is 1. The molecule has 7 heteroatoms. The van der Waals surface area contributed by atoms with Gasteiger partial charge >= 0.3 is 6.18 Å². The van der Waals surface area contributed by atoms with E-state index < -0.39 is 12.8 Å². The Hall–Kier alpha value is -1.60. The number of piperidine rings is 1. The molecule has 1 aliphatic rings. The minimum absolute atomic E-state index is 0.0818. The molecule has 0 radical (unpaired) electrons. The third-order valence-electron chi connectivity index (χ3n) is 4.53. The SMILES string of the molecule is CC1CCN(Cc2ccc(CNC(=O)CCOCC(F)(F)F)cc2)CC1. The van der Waals surface area contributed by atoms with Crippen LogP contribution in [0.3, 0.4) is 0 Å². The maximum atomic E-state index is 11.9. The molecule has 1 aliphatic heterocycles. The van der Waals surface area contributed by atoms with Crippen molar-refractivity contribution in [3.63, 3.8) is 0 Å². The van der Waals surface area contributed by atoms with Crippen LogP contribution in [-0.4, -0.2) is 43.3 Å². The molecule has 0 aliphatic carbocycles. The number of hydrogen-bond acceptors (Lipinski definition) is 3. The number of alkyl halides is 3. The number of nitrogens with zero attached hydrogens (tertiary/aromatic N) is 1. The molecule has 0 aromatic heterocycles. The van der Waals surface area contributed by atoms with E-state index in [2.05, 4.69) is 34.0 Å². The molecule has 1 amide bonds. The summed E-state index contributed by atoms with van der Waals surface area (Å²) in [5, 5.41) is 2.69. The smallest absolute Gasteiger partial charge is 0.372 e. The predicted octanol–water partition coefficient (Wildman–Crippen LogP) is 3.50. The molecule has 2 rings (SSSR count). The molecule has 0 unspecified atom stereocenters. The van der Waals surface area contributed by atoms with Crippen LogP contribution >= 0.6 is 0 Å². The fraction of sp³-hybridized carbons (Fsp3) is 0.632. The third-order valence-corrected chi connectivity index (χ3v) is 4.53. The van der Waals surface area contributed by atoms with E-state index >= 15 is 0 Å². The van der Waals surface area contributed by atoms with Gasteiger partial charge in [0.25, 0.3) is 0 Å². The van der Waals surface area contributed by atoms with E-state index in [9.17, 15) is 18.0 Å². The van der Waals surface area contributed by atoms with E-state index in [1.807, 2.05) is 12.1 Å². The van der Waals surface area contributed by atoms with Crippen molar-refractivity contribution in [2.45, 2.75) is 45.5 Å². The zero-order valence-electron chi connectivity index (χ0n) is 15.1. The molecular formula is C19H27F3N2O2. The van der Waals surface area contributed by atoms with Gasteiger partial charge in [0, 0.05) is 19.5 Å². The van der Waals surface area contributed by atoms with Crippen LogP contribution in [0, 0.1) is 5.92 Å². The summed E-state index contributed by atoms with van der Waals surface area (Å²) < 4.78 is 40.2. The Morgan fingerprint density at radius 3 is 2.42 bits per heavy atom. The van der Waals surface area contributed by atoms with Gasteiger partial charge in [0.1, 0.15) is 6.61 Å². The number of benzene rings is 1. The number of nitrogens with one attached hydrogen (secondary N) is 1. The predicted molar refractivity (Wildman–Crippen MR) is 93.5 cm³/mol. The zero-order chi connectivity index (χ0) is 19.0. The maximum Gasteiger partial charge on any atom is 0.411 e. The third kappa shape index (κ3) is 8.19. The summed E-state index contributed by atoms with van der Waals surface area (Å²) in [6.07, 6.45) is -1.94. The highest BCUT2D eigenvalue weighted by Gasteiger charge is 2.27. The average Bonchev–Trinajstić information content (AvgIpc) is 2.59. The van der Waals surface area contributed by atoms with Gasteiger partial charge in [0.15, 0.2) is 0 Å². The number of hydrogen-bond donors (Lipinski definition) is 1. The van der Waals surface area contributed by atoms with Crippen LogP contribution in [0.2, 0.25) is 0 Å². The zero-order valence-corrected chi connectivity index (χ0v) is 15.1. The lowest BCUT2D eigenvalue weighted by atomic mass is 9.99. The van der Waals surface area contributed by atoms with Crippen LogP contribution in [0.15, 0.2) is 24.3 Å². The first kappa shape index (κ1) is 20.7. The van der Waals surface area contributed by atoms with Gasteiger partial charge in [-0.1, -0.05) is 31.2 Å². The van der Waals surface area contributed by atoms with Crippen LogP contribution < -0.4 is 5.32 Å². The van der Waals surface area contributed by atoms with E-state index in [0.29, 0.717) is 6.54 Å². The van der Waals surface area contributed by atoms with Gasteiger partial charge in [0.05, 0.1) is 6.61 Å². The molecule has 0 bridgehead atoms. The quantitative estimate of drug-likeness (QED) is 0.710. The fourth-order valence-corrected chi connectivity index (χ4v) is 2.88. The summed E-state index contributed by atoms with van der Waals surface area (Å²) in [7, 11) is 0. The largest absolute Gasteiger partial charge is 0.411 e. The summed E-state index contributed by atoms with van der Waals surface area (Å²) in [6, 6.07) is 8.07. The number of ether oxygens (including phenoxy) is 1. The second-order valence-corrected chi connectivity index (χ2v) is 6.97. The van der Waals surface area contributed by atoms with E-state index in [-0.39, 0.29) is 18.9 Å². The first-order valence-corrected chi connectivity index (χ1v) is 9.03. The Labute approximate surface area is 152 Å². The molecule has 4 nitrogen and oxygen atoms in total. The highest BCUT2D eigenvalue weighted by molar-refractivity contribution is 5.75. The minimum Gasteiger partial charge on any atom is -0.372 e. The Balaban J connectivity index is 1.64. The fourth-order valence-electron chi connectivity index (χ4n) is 2.88. The second kappa shape index (κ2) is 9.92. The van der Waals surface area contributed by atoms with E-state index in [4.69, 9.17) is 0 Å². The molecule has 1 aromatic rings. The average molecular weight is 372 g/mol. The summed E-state index contributed by atoms with van der Waals surface area (Å²) in [5.74, 6) is 0.495. The van der Waals surface area contributed by atoms with Crippen LogP contribution in [0.4, 0.5) is 13.2 Å². The molecule has 26 heavy (non-hydrogen) atoms. The lowest BCUT2D eigenvalue weighted by Gasteiger charge is -2.30. The van der Waals surface area contributed by atoms with Gasteiger partial charge in [-0.25, -0.2) is 0 Å². The number of amides is 1. The van der Waals surface area contributed by atoms with Crippen molar-refractivity contribution in [3.05, 3.63) is 35.4 Å². The lowest BCUT2D eigenvalue weighted by Crippen LogP contribution is -2.32. The normalized spacial score (nSPS) is 16.6.